The van der Waals surface area contributed by atoms with Gasteiger partial charge in [0.15, 0.2) is 0 Å². The Bertz CT molecular complexity index is 662. The van der Waals surface area contributed by atoms with Crippen LogP contribution in [0, 0.1) is 25.2 Å². The third kappa shape index (κ3) is 4.74. The molecule has 0 aromatic carbocycles. The van der Waals surface area contributed by atoms with Crippen molar-refractivity contribution in [3.8, 4) is 0 Å². The van der Waals surface area contributed by atoms with Crippen molar-refractivity contribution in [2.75, 3.05) is 33.4 Å². The highest BCUT2D eigenvalue weighted by Gasteiger charge is 2.40. The van der Waals surface area contributed by atoms with Crippen LogP contribution >= 0.6 is 0 Å². The quantitative estimate of drug-likeness (QED) is 0.754. The number of rotatable bonds is 6. The number of piperidine rings is 1. The van der Waals surface area contributed by atoms with Crippen molar-refractivity contribution in [1.29, 1.82) is 0 Å². The monoisotopic (exact) mass is 391 g/mol. The van der Waals surface area contributed by atoms with E-state index < -0.39 is 0 Å². The Morgan fingerprint density at radius 2 is 1.89 bits per heavy atom. The van der Waals surface area contributed by atoms with Crippen LogP contribution in [0.3, 0.4) is 0 Å². The predicted molar refractivity (Wildman–Crippen MR) is 105 cm³/mol. The van der Waals surface area contributed by atoms with Gasteiger partial charge in [0.05, 0.1) is 12.3 Å². The van der Waals surface area contributed by atoms with E-state index in [0.29, 0.717) is 47.9 Å². The van der Waals surface area contributed by atoms with Crippen LogP contribution in [0.5, 0.6) is 0 Å². The van der Waals surface area contributed by atoms with E-state index in [0.717, 1.165) is 51.6 Å². The Hall–Kier alpha value is -1.89. The molecule has 2 aliphatic rings. The summed E-state index contributed by atoms with van der Waals surface area (Å²) in [5, 5.41) is 6.83. The van der Waals surface area contributed by atoms with E-state index in [1.54, 1.807) is 14.0 Å². The lowest BCUT2D eigenvalue weighted by atomic mass is 9.65. The minimum atomic E-state index is 0.0486. The molecule has 1 aliphatic heterocycles. The van der Waals surface area contributed by atoms with Gasteiger partial charge in [-0.05, 0) is 63.7 Å². The number of amides is 2. The number of carbonyl (C=O) groups excluding carboxylic acids is 2. The third-order valence-corrected chi connectivity index (χ3v) is 6.63. The fraction of sp³-hybridized carbons (Fsp3) is 0.762. The lowest BCUT2D eigenvalue weighted by molar-refractivity contribution is -0.122. The fourth-order valence-corrected chi connectivity index (χ4v) is 4.75. The topological polar surface area (TPSA) is 84.7 Å². The molecule has 1 aromatic heterocycles. The van der Waals surface area contributed by atoms with Gasteiger partial charge in [0.2, 0.25) is 5.91 Å². The molecule has 1 aliphatic carbocycles. The molecule has 0 bridgehead atoms. The van der Waals surface area contributed by atoms with E-state index in [2.05, 4.69) is 10.5 Å². The molecule has 156 valence electrons. The molecular weight excluding hydrogens is 358 g/mol. The smallest absolute Gasteiger partial charge is 0.259 e. The number of nitrogens with zero attached hydrogens (tertiary/aromatic N) is 2. The van der Waals surface area contributed by atoms with Crippen LogP contribution in [0.2, 0.25) is 0 Å². The van der Waals surface area contributed by atoms with Gasteiger partial charge in [0.25, 0.3) is 5.91 Å². The zero-order valence-corrected chi connectivity index (χ0v) is 17.4. The third-order valence-electron chi connectivity index (χ3n) is 6.63. The van der Waals surface area contributed by atoms with Crippen molar-refractivity contribution in [3.05, 3.63) is 17.0 Å². The summed E-state index contributed by atoms with van der Waals surface area (Å²) >= 11 is 0. The number of hydrogen-bond donors (Lipinski definition) is 1. The standard InChI is InChI=1S/C21H33N3O4/c1-15-19(16(2)28-23-15)20(26)24-11-8-21(9-12-24)6-4-17(5-7-21)14-18(25)22-10-13-27-3/h17H,4-14H2,1-3H3,(H,22,25). The molecule has 3 rings (SSSR count). The molecule has 1 saturated heterocycles. The minimum absolute atomic E-state index is 0.0486. The van der Waals surface area contributed by atoms with Gasteiger partial charge in [0, 0.05) is 33.2 Å². The molecule has 2 amide bonds. The molecule has 1 spiro atoms. The summed E-state index contributed by atoms with van der Waals surface area (Å²) in [4.78, 5) is 26.8. The Balaban J connectivity index is 1.45. The van der Waals surface area contributed by atoms with Crippen LogP contribution in [0.25, 0.3) is 0 Å². The van der Waals surface area contributed by atoms with Crippen molar-refractivity contribution in [3.63, 3.8) is 0 Å². The molecule has 0 atom stereocenters. The number of ether oxygens (including phenoxy) is 1. The van der Waals surface area contributed by atoms with Gasteiger partial charge in [-0.1, -0.05) is 5.16 Å². The summed E-state index contributed by atoms with van der Waals surface area (Å²) < 4.78 is 10.1. The van der Waals surface area contributed by atoms with Crippen LogP contribution in [0.1, 0.15) is 66.8 Å². The highest BCUT2D eigenvalue weighted by Crippen LogP contribution is 2.47. The Morgan fingerprint density at radius 1 is 1.21 bits per heavy atom. The van der Waals surface area contributed by atoms with Gasteiger partial charge in [-0.2, -0.15) is 0 Å². The molecule has 2 fully saturated rings. The second-order valence-electron chi connectivity index (χ2n) is 8.48. The van der Waals surface area contributed by atoms with Gasteiger partial charge in [-0.15, -0.1) is 0 Å². The first-order chi connectivity index (χ1) is 13.4. The van der Waals surface area contributed by atoms with Gasteiger partial charge < -0.3 is 19.5 Å². The summed E-state index contributed by atoms with van der Waals surface area (Å²) in [6.45, 7) is 6.35. The van der Waals surface area contributed by atoms with E-state index in [1.165, 1.54) is 0 Å². The van der Waals surface area contributed by atoms with Crippen molar-refractivity contribution in [1.82, 2.24) is 15.4 Å². The van der Waals surface area contributed by atoms with Crippen LogP contribution in [-0.2, 0) is 9.53 Å². The Morgan fingerprint density at radius 3 is 2.46 bits per heavy atom. The van der Waals surface area contributed by atoms with E-state index >= 15 is 0 Å². The van der Waals surface area contributed by atoms with E-state index in [4.69, 9.17) is 9.26 Å². The zero-order chi connectivity index (χ0) is 20.1. The highest BCUT2D eigenvalue weighted by molar-refractivity contribution is 5.96. The Labute approximate surface area is 167 Å². The number of likely N-dealkylation sites (tertiary alicyclic amines) is 1. The molecule has 28 heavy (non-hydrogen) atoms. The largest absolute Gasteiger partial charge is 0.383 e. The fourth-order valence-electron chi connectivity index (χ4n) is 4.75. The minimum Gasteiger partial charge on any atom is -0.383 e. The molecule has 1 N–H and O–H groups in total. The normalized spacial score (nSPS) is 19.8. The molecule has 0 radical (unpaired) electrons. The lowest BCUT2D eigenvalue weighted by Gasteiger charge is -2.46. The first-order valence-electron chi connectivity index (χ1n) is 10.4. The first kappa shape index (κ1) is 20.8. The molecule has 7 nitrogen and oxygen atoms in total. The first-order valence-corrected chi connectivity index (χ1v) is 10.4. The number of aryl methyl sites for hydroxylation is 2. The predicted octanol–water partition coefficient (Wildman–Crippen LogP) is 2.86. The summed E-state index contributed by atoms with van der Waals surface area (Å²) in [6, 6.07) is 0. The number of nitrogens with one attached hydrogen (secondary N) is 1. The summed E-state index contributed by atoms with van der Waals surface area (Å²) in [5.41, 5.74) is 1.64. The molecule has 7 heteroatoms. The lowest BCUT2D eigenvalue weighted by Crippen LogP contribution is -2.45. The van der Waals surface area contributed by atoms with Crippen LogP contribution < -0.4 is 5.32 Å². The summed E-state index contributed by atoms with van der Waals surface area (Å²) in [5.74, 6) is 1.27. The Kier molecular flexibility index (Phi) is 6.75. The van der Waals surface area contributed by atoms with Gasteiger partial charge in [0.1, 0.15) is 11.3 Å². The second-order valence-corrected chi connectivity index (χ2v) is 8.48. The average molecular weight is 392 g/mol. The average Bonchev–Trinajstić information content (AvgIpc) is 3.02. The van der Waals surface area contributed by atoms with Crippen molar-refractivity contribution >= 4 is 11.8 Å². The van der Waals surface area contributed by atoms with Crippen LogP contribution in [0.15, 0.2) is 4.52 Å². The second kappa shape index (κ2) is 9.07. The van der Waals surface area contributed by atoms with E-state index in [1.807, 2.05) is 11.8 Å². The van der Waals surface area contributed by atoms with E-state index in [9.17, 15) is 9.59 Å². The van der Waals surface area contributed by atoms with Crippen molar-refractivity contribution < 1.29 is 18.8 Å². The number of carbonyl (C=O) groups is 2. The maximum absolute atomic E-state index is 12.8. The van der Waals surface area contributed by atoms with Crippen molar-refractivity contribution in [2.24, 2.45) is 11.3 Å². The maximum Gasteiger partial charge on any atom is 0.259 e. The highest BCUT2D eigenvalue weighted by atomic mass is 16.5. The van der Waals surface area contributed by atoms with Gasteiger partial charge >= 0.3 is 0 Å². The maximum atomic E-state index is 12.8. The SMILES string of the molecule is COCCNC(=O)CC1CCC2(CC1)CCN(C(=O)c1c(C)noc1C)CC2. The van der Waals surface area contributed by atoms with Gasteiger partial charge in [-0.25, -0.2) is 0 Å². The zero-order valence-electron chi connectivity index (χ0n) is 17.4. The number of methoxy groups -OCH3 is 1. The number of hydrogen-bond acceptors (Lipinski definition) is 5. The van der Waals surface area contributed by atoms with Crippen molar-refractivity contribution in [2.45, 2.75) is 58.8 Å². The van der Waals surface area contributed by atoms with Crippen LogP contribution in [-0.4, -0.2) is 55.2 Å². The molecule has 0 unspecified atom stereocenters. The molecular formula is C21H33N3O4. The molecule has 1 saturated carbocycles. The van der Waals surface area contributed by atoms with Gasteiger partial charge in [-0.3, -0.25) is 9.59 Å². The summed E-state index contributed by atoms with van der Waals surface area (Å²) in [7, 11) is 1.64. The molecule has 2 heterocycles. The van der Waals surface area contributed by atoms with Crippen LogP contribution in [0.4, 0.5) is 0 Å². The van der Waals surface area contributed by atoms with E-state index in [-0.39, 0.29) is 11.8 Å². The number of aromatic nitrogens is 1. The molecule has 1 aromatic rings. The summed E-state index contributed by atoms with van der Waals surface area (Å²) in [6.07, 6.45) is 7.26.